The van der Waals surface area contributed by atoms with Crippen LogP contribution < -0.4 is 4.74 Å². The van der Waals surface area contributed by atoms with Gasteiger partial charge in [0.2, 0.25) is 0 Å². The number of halogens is 5. The SMILES string of the molecule is FC(F)(F)Oc1[c]c(Br)c(Br)cc1. The Balaban J connectivity index is 2.86. The van der Waals surface area contributed by atoms with Crippen LogP contribution in [-0.2, 0) is 0 Å². The Hall–Kier alpha value is -0.230. The summed E-state index contributed by atoms with van der Waals surface area (Å²) >= 11 is 6.10. The van der Waals surface area contributed by atoms with Gasteiger partial charge < -0.3 is 4.74 Å². The minimum atomic E-state index is -4.68. The van der Waals surface area contributed by atoms with E-state index < -0.39 is 6.36 Å². The van der Waals surface area contributed by atoms with E-state index in [1.54, 1.807) is 0 Å². The summed E-state index contributed by atoms with van der Waals surface area (Å²) in [6.45, 7) is 0. The maximum atomic E-state index is 11.7. The molecule has 0 aliphatic rings. The van der Waals surface area contributed by atoms with E-state index in [1.165, 1.54) is 12.1 Å². The summed E-state index contributed by atoms with van der Waals surface area (Å²) in [6, 6.07) is 4.96. The molecule has 0 aliphatic carbocycles. The zero-order chi connectivity index (χ0) is 10.1. The summed E-state index contributed by atoms with van der Waals surface area (Å²) in [6.07, 6.45) is -4.68. The van der Waals surface area contributed by atoms with E-state index in [0.717, 1.165) is 0 Å². The van der Waals surface area contributed by atoms with Crippen LogP contribution in [0.1, 0.15) is 0 Å². The van der Waals surface area contributed by atoms with Crippen LogP contribution in [0.25, 0.3) is 0 Å². The van der Waals surface area contributed by atoms with Crippen LogP contribution in [0.2, 0.25) is 0 Å². The van der Waals surface area contributed by atoms with Crippen LogP contribution >= 0.6 is 31.9 Å². The van der Waals surface area contributed by atoms with Gasteiger partial charge in [0.05, 0.1) is 0 Å². The molecular formula is C7H2Br2F3O. The Morgan fingerprint density at radius 1 is 1.23 bits per heavy atom. The number of alkyl halides is 3. The maximum absolute atomic E-state index is 11.7. The van der Waals surface area contributed by atoms with Crippen molar-refractivity contribution in [3.05, 3.63) is 27.1 Å². The normalized spacial score (nSPS) is 11.5. The molecule has 0 spiro atoms. The van der Waals surface area contributed by atoms with E-state index in [0.29, 0.717) is 8.95 Å². The van der Waals surface area contributed by atoms with Gasteiger partial charge in [0.15, 0.2) is 0 Å². The molecule has 13 heavy (non-hydrogen) atoms. The number of ether oxygens (including phenoxy) is 1. The third-order valence-electron chi connectivity index (χ3n) is 1.05. The van der Waals surface area contributed by atoms with Gasteiger partial charge in [-0.25, -0.2) is 0 Å². The van der Waals surface area contributed by atoms with Crippen molar-refractivity contribution in [3.63, 3.8) is 0 Å². The first-order valence-corrected chi connectivity index (χ1v) is 4.60. The average molecular weight is 319 g/mol. The molecule has 0 atom stereocenters. The lowest BCUT2D eigenvalue weighted by atomic mass is 10.3. The van der Waals surface area contributed by atoms with Crippen molar-refractivity contribution in [1.29, 1.82) is 0 Å². The maximum Gasteiger partial charge on any atom is 0.573 e. The molecule has 1 nitrogen and oxygen atoms in total. The standard InChI is InChI=1S/C7H2Br2F3O/c8-5-2-1-4(3-6(5)9)13-7(10,11)12/h1-2H. The van der Waals surface area contributed by atoms with Crippen molar-refractivity contribution >= 4 is 31.9 Å². The second-order valence-corrected chi connectivity index (χ2v) is 3.68. The van der Waals surface area contributed by atoms with Crippen LogP contribution in [0.5, 0.6) is 5.75 Å². The number of rotatable bonds is 1. The minimum Gasteiger partial charge on any atom is -0.405 e. The van der Waals surface area contributed by atoms with Crippen LogP contribution in [0.15, 0.2) is 21.1 Å². The predicted molar refractivity (Wildman–Crippen MR) is 47.4 cm³/mol. The molecular weight excluding hydrogens is 317 g/mol. The second-order valence-electron chi connectivity index (χ2n) is 2.03. The molecule has 0 bridgehead atoms. The highest BCUT2D eigenvalue weighted by molar-refractivity contribution is 9.13. The lowest BCUT2D eigenvalue weighted by Gasteiger charge is -2.08. The Labute approximate surface area is 89.1 Å². The predicted octanol–water partition coefficient (Wildman–Crippen LogP) is 3.91. The van der Waals surface area contributed by atoms with Crippen LogP contribution in [0, 0.1) is 6.07 Å². The van der Waals surface area contributed by atoms with Gasteiger partial charge in [0, 0.05) is 15.0 Å². The third-order valence-corrected chi connectivity index (χ3v) is 2.87. The topological polar surface area (TPSA) is 9.23 Å². The van der Waals surface area contributed by atoms with E-state index in [2.05, 4.69) is 42.7 Å². The first-order chi connectivity index (χ1) is 5.88. The highest BCUT2D eigenvalue weighted by Crippen LogP contribution is 2.29. The summed E-state index contributed by atoms with van der Waals surface area (Å²) in [5, 5.41) is 0. The molecule has 0 aliphatic heterocycles. The van der Waals surface area contributed by atoms with Gasteiger partial charge in [-0.05, 0) is 44.0 Å². The number of hydrogen-bond donors (Lipinski definition) is 0. The van der Waals surface area contributed by atoms with Gasteiger partial charge >= 0.3 is 6.36 Å². The molecule has 6 heteroatoms. The summed E-state index contributed by atoms with van der Waals surface area (Å²) in [5.74, 6) is -0.373. The van der Waals surface area contributed by atoms with Crippen molar-refractivity contribution in [3.8, 4) is 5.75 Å². The molecule has 1 rings (SSSR count). The lowest BCUT2D eigenvalue weighted by molar-refractivity contribution is -0.274. The first kappa shape index (κ1) is 10.8. The molecule has 1 aromatic rings. The molecule has 1 radical (unpaired) electrons. The summed E-state index contributed by atoms with van der Waals surface area (Å²) in [4.78, 5) is 0. The van der Waals surface area contributed by atoms with Gasteiger partial charge in [-0.2, -0.15) is 0 Å². The molecule has 0 fully saturated rings. The molecule has 0 amide bonds. The van der Waals surface area contributed by atoms with Crippen molar-refractivity contribution in [2.24, 2.45) is 0 Å². The Kier molecular flexibility index (Phi) is 3.23. The Morgan fingerprint density at radius 2 is 1.85 bits per heavy atom. The fourth-order valence-electron chi connectivity index (χ4n) is 0.616. The van der Waals surface area contributed by atoms with Crippen LogP contribution in [-0.4, -0.2) is 6.36 Å². The molecule has 0 unspecified atom stereocenters. The summed E-state index contributed by atoms with van der Waals surface area (Å²) < 4.78 is 39.7. The zero-order valence-electron chi connectivity index (χ0n) is 5.95. The molecule has 0 N–H and O–H groups in total. The summed E-state index contributed by atoms with van der Waals surface area (Å²) in [7, 11) is 0. The molecule has 0 saturated carbocycles. The smallest absolute Gasteiger partial charge is 0.405 e. The highest BCUT2D eigenvalue weighted by atomic mass is 79.9. The fourth-order valence-corrected chi connectivity index (χ4v) is 1.17. The molecule has 0 heterocycles. The first-order valence-electron chi connectivity index (χ1n) is 3.01. The lowest BCUT2D eigenvalue weighted by Crippen LogP contribution is -2.17. The molecule has 0 aromatic heterocycles. The quantitative estimate of drug-likeness (QED) is 0.763. The van der Waals surface area contributed by atoms with E-state index in [-0.39, 0.29) is 5.75 Å². The molecule has 1 aromatic carbocycles. The van der Waals surface area contributed by atoms with Crippen molar-refractivity contribution in [1.82, 2.24) is 0 Å². The fraction of sp³-hybridized carbons (Fsp3) is 0.143. The van der Waals surface area contributed by atoms with E-state index in [1.807, 2.05) is 0 Å². The average Bonchev–Trinajstić information content (AvgIpc) is 1.94. The largest absolute Gasteiger partial charge is 0.573 e. The van der Waals surface area contributed by atoms with E-state index >= 15 is 0 Å². The molecule has 71 valence electrons. The molecule has 0 saturated heterocycles. The van der Waals surface area contributed by atoms with E-state index in [9.17, 15) is 13.2 Å². The Bertz CT molecular complexity index is 311. The van der Waals surface area contributed by atoms with Gasteiger partial charge in [0.25, 0.3) is 0 Å². The number of hydrogen-bond acceptors (Lipinski definition) is 1. The number of benzene rings is 1. The third kappa shape index (κ3) is 3.56. The van der Waals surface area contributed by atoms with Gasteiger partial charge in [-0.1, -0.05) is 0 Å². The van der Waals surface area contributed by atoms with E-state index in [4.69, 9.17) is 0 Å². The van der Waals surface area contributed by atoms with Crippen molar-refractivity contribution < 1.29 is 17.9 Å². The van der Waals surface area contributed by atoms with Gasteiger partial charge in [-0.3, -0.25) is 0 Å². The van der Waals surface area contributed by atoms with Crippen LogP contribution in [0.3, 0.4) is 0 Å². The minimum absolute atomic E-state index is 0.373. The van der Waals surface area contributed by atoms with Gasteiger partial charge in [-0.15, -0.1) is 13.2 Å². The summed E-state index contributed by atoms with van der Waals surface area (Å²) in [5.41, 5.74) is 0. The van der Waals surface area contributed by atoms with Crippen molar-refractivity contribution in [2.45, 2.75) is 6.36 Å². The van der Waals surface area contributed by atoms with Crippen LogP contribution in [0.4, 0.5) is 13.2 Å². The zero-order valence-corrected chi connectivity index (χ0v) is 9.12. The highest BCUT2D eigenvalue weighted by Gasteiger charge is 2.31. The Morgan fingerprint density at radius 3 is 2.31 bits per heavy atom. The second kappa shape index (κ2) is 3.88. The van der Waals surface area contributed by atoms with Gasteiger partial charge in [0.1, 0.15) is 5.75 Å². The van der Waals surface area contributed by atoms with Crippen molar-refractivity contribution in [2.75, 3.05) is 0 Å². The monoisotopic (exact) mass is 317 g/mol.